The summed E-state index contributed by atoms with van der Waals surface area (Å²) in [5.74, 6) is 1.79. The number of benzene rings is 8. The summed E-state index contributed by atoms with van der Waals surface area (Å²) in [6, 6.07) is 69.2. The van der Waals surface area contributed by atoms with Crippen molar-refractivity contribution in [3.63, 3.8) is 0 Å². The predicted octanol–water partition coefficient (Wildman–Crippen LogP) is 12.6. The molecule has 0 saturated carbocycles. The number of nitriles is 1. The van der Waals surface area contributed by atoms with Gasteiger partial charge in [0.15, 0.2) is 17.5 Å². The Kier molecular flexibility index (Phi) is 7.76. The number of fused-ring (bicyclic) bond motifs is 6. The monoisotopic (exact) mass is 740 g/mol. The van der Waals surface area contributed by atoms with Crippen molar-refractivity contribution >= 4 is 43.6 Å². The first-order chi connectivity index (χ1) is 28.7. The molecule has 270 valence electrons. The normalized spacial score (nSPS) is 11.4. The van der Waals surface area contributed by atoms with E-state index in [2.05, 4.69) is 124 Å². The lowest BCUT2D eigenvalue weighted by Gasteiger charge is -2.16. The van der Waals surface area contributed by atoms with E-state index in [-0.39, 0.29) is 0 Å². The number of rotatable bonds is 6. The standard InChI is InChI=1S/C52H32N6/c53-33-34-24-26-35(27-25-34)42-30-38(52-55-50(36-14-4-1-5-15-36)54-51(56-52)37-16-6-2-7-17-37)28-29-47(42)58-46-23-13-11-21-41(46)44-31-43-40-20-10-12-22-45(40)57(48(43)32-49(44)58)39-18-8-3-9-19-39/h1-32H. The van der Waals surface area contributed by atoms with Crippen LogP contribution in [0.1, 0.15) is 5.56 Å². The molecule has 0 atom stereocenters. The van der Waals surface area contributed by atoms with E-state index < -0.39 is 0 Å². The molecule has 0 spiro atoms. The van der Waals surface area contributed by atoms with E-state index in [1.54, 1.807) is 0 Å². The van der Waals surface area contributed by atoms with Crippen LogP contribution in [0.3, 0.4) is 0 Å². The summed E-state index contributed by atoms with van der Waals surface area (Å²) in [6.07, 6.45) is 0. The van der Waals surface area contributed by atoms with Crippen LogP contribution in [0.4, 0.5) is 0 Å². The van der Waals surface area contributed by atoms with Gasteiger partial charge in [0, 0.05) is 49.5 Å². The SMILES string of the molecule is N#Cc1ccc(-c2cc(-c3nc(-c4ccccc4)nc(-c4ccccc4)n3)ccc2-n2c3ccccc3c3cc4c5ccccc5n(-c5ccccc5)c4cc32)cc1. The van der Waals surface area contributed by atoms with Gasteiger partial charge in [-0.1, -0.05) is 127 Å². The van der Waals surface area contributed by atoms with Crippen LogP contribution in [0.15, 0.2) is 194 Å². The minimum absolute atomic E-state index is 0.575. The van der Waals surface area contributed by atoms with Crippen molar-refractivity contribution in [1.29, 1.82) is 5.26 Å². The Balaban J connectivity index is 1.20. The summed E-state index contributed by atoms with van der Waals surface area (Å²) in [5, 5.41) is 14.5. The molecule has 0 unspecified atom stereocenters. The van der Waals surface area contributed by atoms with E-state index >= 15 is 0 Å². The Bertz CT molecular complexity index is 3320. The molecule has 0 aliphatic rings. The van der Waals surface area contributed by atoms with Crippen LogP contribution >= 0.6 is 0 Å². The maximum absolute atomic E-state index is 9.74. The molecule has 0 saturated heterocycles. The zero-order valence-corrected chi connectivity index (χ0v) is 31.2. The third kappa shape index (κ3) is 5.45. The minimum Gasteiger partial charge on any atom is -0.309 e. The molecule has 0 aliphatic carbocycles. The van der Waals surface area contributed by atoms with E-state index in [1.807, 2.05) is 84.9 Å². The Morgan fingerprint density at radius 2 is 0.845 bits per heavy atom. The van der Waals surface area contributed by atoms with Crippen LogP contribution in [0, 0.1) is 11.3 Å². The Morgan fingerprint density at radius 1 is 0.362 bits per heavy atom. The Labute approximate surface area is 334 Å². The quantitative estimate of drug-likeness (QED) is 0.170. The van der Waals surface area contributed by atoms with Crippen molar-refractivity contribution in [2.24, 2.45) is 0 Å². The van der Waals surface area contributed by atoms with Gasteiger partial charge in [0.1, 0.15) is 0 Å². The van der Waals surface area contributed by atoms with Crippen molar-refractivity contribution in [3.05, 3.63) is 200 Å². The Morgan fingerprint density at radius 3 is 1.43 bits per heavy atom. The highest BCUT2D eigenvalue weighted by Gasteiger charge is 2.21. The van der Waals surface area contributed by atoms with Crippen LogP contribution in [0.25, 0.3) is 100 Å². The van der Waals surface area contributed by atoms with E-state index in [0.29, 0.717) is 23.0 Å². The maximum atomic E-state index is 9.74. The summed E-state index contributed by atoms with van der Waals surface area (Å²) in [7, 11) is 0. The second kappa shape index (κ2) is 13.6. The average Bonchev–Trinajstić information content (AvgIpc) is 3.80. The molecule has 3 heterocycles. The van der Waals surface area contributed by atoms with Gasteiger partial charge < -0.3 is 9.13 Å². The maximum Gasteiger partial charge on any atom is 0.164 e. The molecular weight excluding hydrogens is 709 g/mol. The molecule has 0 aliphatic heterocycles. The second-order valence-electron chi connectivity index (χ2n) is 14.4. The van der Waals surface area contributed by atoms with Crippen molar-refractivity contribution in [3.8, 4) is 62.7 Å². The lowest BCUT2D eigenvalue weighted by atomic mass is 9.99. The fourth-order valence-corrected chi connectivity index (χ4v) is 8.31. The minimum atomic E-state index is 0.575. The van der Waals surface area contributed by atoms with Crippen LogP contribution in [-0.2, 0) is 0 Å². The smallest absolute Gasteiger partial charge is 0.164 e. The zero-order chi connectivity index (χ0) is 38.6. The van der Waals surface area contributed by atoms with Gasteiger partial charge in [0.25, 0.3) is 0 Å². The van der Waals surface area contributed by atoms with Gasteiger partial charge in [0.05, 0.1) is 39.4 Å². The summed E-state index contributed by atoms with van der Waals surface area (Å²) in [6.45, 7) is 0. The second-order valence-corrected chi connectivity index (χ2v) is 14.4. The number of hydrogen-bond acceptors (Lipinski definition) is 4. The van der Waals surface area contributed by atoms with Gasteiger partial charge in [-0.05, 0) is 72.3 Å². The van der Waals surface area contributed by atoms with Crippen LogP contribution in [0.5, 0.6) is 0 Å². The molecule has 0 amide bonds. The summed E-state index contributed by atoms with van der Waals surface area (Å²) in [5.41, 5.74) is 11.8. The fraction of sp³-hybridized carbons (Fsp3) is 0. The van der Waals surface area contributed by atoms with E-state index in [1.165, 1.54) is 21.5 Å². The molecule has 11 rings (SSSR count). The highest BCUT2D eigenvalue weighted by atomic mass is 15.0. The lowest BCUT2D eigenvalue weighted by Crippen LogP contribution is -2.02. The van der Waals surface area contributed by atoms with Gasteiger partial charge in [0.2, 0.25) is 0 Å². The molecule has 6 nitrogen and oxygen atoms in total. The van der Waals surface area contributed by atoms with Crippen molar-refractivity contribution in [2.75, 3.05) is 0 Å². The first-order valence-corrected chi connectivity index (χ1v) is 19.3. The molecule has 11 aromatic rings. The third-order valence-corrected chi connectivity index (χ3v) is 11.0. The van der Waals surface area contributed by atoms with Crippen LogP contribution in [0.2, 0.25) is 0 Å². The molecule has 3 aromatic heterocycles. The molecule has 0 bridgehead atoms. The van der Waals surface area contributed by atoms with E-state index in [9.17, 15) is 5.26 Å². The highest BCUT2D eigenvalue weighted by molar-refractivity contribution is 6.19. The van der Waals surface area contributed by atoms with Crippen LogP contribution in [-0.4, -0.2) is 24.1 Å². The van der Waals surface area contributed by atoms with Crippen molar-refractivity contribution in [2.45, 2.75) is 0 Å². The number of hydrogen-bond donors (Lipinski definition) is 0. The average molecular weight is 741 g/mol. The molecule has 58 heavy (non-hydrogen) atoms. The largest absolute Gasteiger partial charge is 0.309 e. The fourth-order valence-electron chi connectivity index (χ4n) is 8.31. The molecule has 6 heteroatoms. The highest BCUT2D eigenvalue weighted by Crippen LogP contribution is 2.42. The number of nitrogens with zero attached hydrogens (tertiary/aromatic N) is 6. The van der Waals surface area contributed by atoms with Crippen molar-refractivity contribution < 1.29 is 0 Å². The molecule has 0 N–H and O–H groups in total. The van der Waals surface area contributed by atoms with Gasteiger partial charge in [-0.25, -0.2) is 15.0 Å². The third-order valence-electron chi connectivity index (χ3n) is 11.0. The predicted molar refractivity (Wildman–Crippen MR) is 235 cm³/mol. The first kappa shape index (κ1) is 33.2. The zero-order valence-electron chi connectivity index (χ0n) is 31.2. The van der Waals surface area contributed by atoms with Crippen LogP contribution < -0.4 is 0 Å². The number of para-hydroxylation sites is 3. The van der Waals surface area contributed by atoms with Gasteiger partial charge in [-0.15, -0.1) is 0 Å². The van der Waals surface area contributed by atoms with Gasteiger partial charge in [-0.3, -0.25) is 0 Å². The summed E-state index contributed by atoms with van der Waals surface area (Å²) < 4.78 is 4.75. The summed E-state index contributed by atoms with van der Waals surface area (Å²) >= 11 is 0. The van der Waals surface area contributed by atoms with Gasteiger partial charge >= 0.3 is 0 Å². The molecule has 0 fully saturated rings. The van der Waals surface area contributed by atoms with E-state index in [0.717, 1.165) is 61.3 Å². The Hall–Kier alpha value is -8.14. The van der Waals surface area contributed by atoms with Gasteiger partial charge in [-0.2, -0.15) is 5.26 Å². The first-order valence-electron chi connectivity index (χ1n) is 19.3. The molecular formula is C52H32N6. The van der Waals surface area contributed by atoms with E-state index in [4.69, 9.17) is 15.0 Å². The van der Waals surface area contributed by atoms with Crippen molar-refractivity contribution in [1.82, 2.24) is 24.1 Å². The lowest BCUT2D eigenvalue weighted by molar-refractivity contribution is 1.07. The molecule has 0 radical (unpaired) electrons. The number of aromatic nitrogens is 5. The molecule has 8 aromatic carbocycles. The topological polar surface area (TPSA) is 72.3 Å². The summed E-state index contributed by atoms with van der Waals surface area (Å²) in [4.78, 5) is 15.1.